The van der Waals surface area contributed by atoms with Gasteiger partial charge in [-0.15, -0.1) is 0 Å². The summed E-state index contributed by atoms with van der Waals surface area (Å²) in [6.45, 7) is 4.25. The van der Waals surface area contributed by atoms with E-state index in [9.17, 15) is 34.7 Å². The van der Waals surface area contributed by atoms with Crippen LogP contribution in [0.5, 0.6) is 0 Å². The molecule has 3 aromatic carbocycles. The molecule has 5 N–H and O–H groups in total. The number of carboxylic acids is 1. The molecule has 3 rings (SSSR count). The number of alkyl carbamates (subject to hydrolysis) is 1. The zero-order valence-electron chi connectivity index (χ0n) is 26.1. The van der Waals surface area contributed by atoms with Crippen LogP contribution >= 0.6 is 0 Å². The maximum atomic E-state index is 12.0. The van der Waals surface area contributed by atoms with Crippen LogP contribution in [0, 0.1) is 16.0 Å². The molecule has 250 valence electrons. The zero-order chi connectivity index (χ0) is 34.6. The number of aliphatic hydroxyl groups is 1. The SMILES string of the molecule is CC(C)C[C@H](NC(=O)OC[C@@H](NC(=O)CN=[N+]=[N-])[C@H](O)c1ccc([N+](=O)[O-])cc1)C(=O)O.c1ccc(CNCc2ccccc2)cc1. The number of non-ortho nitro benzene ring substituents is 1. The number of hydrogen-bond acceptors (Lipinski definition) is 9. The van der Waals surface area contributed by atoms with Crippen molar-refractivity contribution in [2.45, 2.75) is 51.5 Å². The molecule has 0 aliphatic carbocycles. The fraction of sp³-hybridized carbons (Fsp3) is 0.344. The quantitative estimate of drug-likeness (QED) is 0.0478. The van der Waals surface area contributed by atoms with Gasteiger partial charge in [0.1, 0.15) is 25.3 Å². The summed E-state index contributed by atoms with van der Waals surface area (Å²) in [5.41, 5.74) is 10.9. The highest BCUT2D eigenvalue weighted by atomic mass is 16.6. The van der Waals surface area contributed by atoms with Crippen LogP contribution in [0.15, 0.2) is 90.0 Å². The number of aliphatic carboxylic acids is 1. The molecule has 0 fully saturated rings. The van der Waals surface area contributed by atoms with Gasteiger partial charge in [0.25, 0.3) is 5.69 Å². The number of hydrogen-bond donors (Lipinski definition) is 5. The Balaban J connectivity index is 0.000000421. The van der Waals surface area contributed by atoms with Crippen molar-refractivity contribution >= 4 is 23.7 Å². The minimum Gasteiger partial charge on any atom is -0.480 e. The first-order chi connectivity index (χ1) is 22.5. The average molecular weight is 650 g/mol. The van der Waals surface area contributed by atoms with Crippen LogP contribution in [0.25, 0.3) is 10.4 Å². The van der Waals surface area contributed by atoms with E-state index in [-0.39, 0.29) is 23.6 Å². The van der Waals surface area contributed by atoms with Crippen molar-refractivity contribution in [3.63, 3.8) is 0 Å². The van der Waals surface area contributed by atoms with E-state index in [1.165, 1.54) is 23.3 Å². The van der Waals surface area contributed by atoms with Crippen molar-refractivity contribution in [1.82, 2.24) is 16.0 Å². The highest BCUT2D eigenvalue weighted by molar-refractivity contribution is 5.80. The normalized spacial score (nSPS) is 12.3. The number of rotatable bonds is 16. The maximum absolute atomic E-state index is 12.0. The minimum absolute atomic E-state index is 0.0203. The lowest BCUT2D eigenvalue weighted by Gasteiger charge is -2.24. The molecule has 0 spiro atoms. The van der Waals surface area contributed by atoms with Crippen LogP contribution in [-0.2, 0) is 27.4 Å². The van der Waals surface area contributed by atoms with Gasteiger partial charge in [0, 0.05) is 30.1 Å². The van der Waals surface area contributed by atoms with Crippen molar-refractivity contribution < 1.29 is 34.3 Å². The predicted octanol–water partition coefficient (Wildman–Crippen LogP) is 4.63. The third-order valence-electron chi connectivity index (χ3n) is 6.49. The third kappa shape index (κ3) is 14.9. The number of nitro benzene ring substituents is 1. The Morgan fingerprint density at radius 1 is 0.936 bits per heavy atom. The van der Waals surface area contributed by atoms with Crippen LogP contribution in [0.2, 0.25) is 0 Å². The first kappa shape index (κ1) is 37.7. The second kappa shape index (κ2) is 20.5. The van der Waals surface area contributed by atoms with E-state index in [0.29, 0.717) is 0 Å². The highest BCUT2D eigenvalue weighted by Crippen LogP contribution is 2.21. The largest absolute Gasteiger partial charge is 0.480 e. The average Bonchev–Trinajstić information content (AvgIpc) is 3.06. The van der Waals surface area contributed by atoms with E-state index in [1.807, 2.05) is 12.1 Å². The standard InChI is InChI=1S/C18H24N6O8.C14H15N/c1-10(2)7-13(17(27)28)22-18(29)32-9-14(21-15(25)8-20-23-19)16(26)11-3-5-12(6-4-11)24(30)31;1-3-7-13(8-4-1)11-15-12-14-9-5-2-6-10-14/h3-6,10,13-14,16,26H,7-9H2,1-2H3,(H,21,25)(H,22,29)(H,27,28);1-10,15H,11-12H2/t13-,14+,16+;/m0./s1. The van der Waals surface area contributed by atoms with Crippen LogP contribution in [0.3, 0.4) is 0 Å². The molecule has 0 radical (unpaired) electrons. The van der Waals surface area contributed by atoms with E-state index in [1.54, 1.807) is 13.8 Å². The fourth-order valence-corrected chi connectivity index (χ4v) is 4.17. The first-order valence-electron chi connectivity index (χ1n) is 14.7. The number of ether oxygens (including phenoxy) is 1. The molecule has 0 heterocycles. The Kier molecular flexibility index (Phi) is 16.4. The number of nitrogens with one attached hydrogen (secondary N) is 3. The summed E-state index contributed by atoms with van der Waals surface area (Å²) >= 11 is 0. The van der Waals surface area contributed by atoms with E-state index in [2.05, 4.69) is 74.5 Å². The number of azide groups is 1. The third-order valence-corrected chi connectivity index (χ3v) is 6.49. The lowest BCUT2D eigenvalue weighted by Crippen LogP contribution is -2.46. The predicted molar refractivity (Wildman–Crippen MR) is 173 cm³/mol. The summed E-state index contributed by atoms with van der Waals surface area (Å²) in [4.78, 5) is 47.8. The number of amides is 2. The zero-order valence-corrected chi connectivity index (χ0v) is 26.1. The molecular formula is C32H39N7O8. The fourth-order valence-electron chi connectivity index (χ4n) is 4.17. The van der Waals surface area contributed by atoms with Gasteiger partial charge in [0.2, 0.25) is 5.91 Å². The van der Waals surface area contributed by atoms with Gasteiger partial charge in [-0.05, 0) is 46.7 Å². The molecule has 0 aliphatic rings. The lowest BCUT2D eigenvalue weighted by atomic mass is 10.0. The number of nitro groups is 1. The molecule has 0 bridgehead atoms. The molecule has 15 heteroatoms. The molecule has 0 aromatic heterocycles. The first-order valence-corrected chi connectivity index (χ1v) is 14.7. The highest BCUT2D eigenvalue weighted by Gasteiger charge is 2.27. The molecular weight excluding hydrogens is 610 g/mol. The van der Waals surface area contributed by atoms with Crippen molar-refractivity contribution in [1.29, 1.82) is 0 Å². The van der Waals surface area contributed by atoms with Gasteiger partial charge in [0.05, 0.1) is 11.0 Å². The number of nitrogens with zero attached hydrogens (tertiary/aromatic N) is 4. The van der Waals surface area contributed by atoms with Crippen LogP contribution in [0.4, 0.5) is 10.5 Å². The molecule has 15 nitrogen and oxygen atoms in total. The van der Waals surface area contributed by atoms with Gasteiger partial charge in [-0.25, -0.2) is 9.59 Å². The summed E-state index contributed by atoms with van der Waals surface area (Å²) in [5.74, 6) is -2.05. The smallest absolute Gasteiger partial charge is 0.407 e. The second-order valence-corrected chi connectivity index (χ2v) is 10.7. The van der Waals surface area contributed by atoms with E-state index in [4.69, 9.17) is 10.3 Å². The van der Waals surface area contributed by atoms with Crippen molar-refractivity contribution in [2.75, 3.05) is 13.2 Å². The molecule has 0 aliphatic heterocycles. The van der Waals surface area contributed by atoms with Crippen molar-refractivity contribution in [3.8, 4) is 0 Å². The summed E-state index contributed by atoms with van der Waals surface area (Å²) in [6, 6.07) is 23.3. The van der Waals surface area contributed by atoms with Gasteiger partial charge in [-0.2, -0.15) is 0 Å². The maximum Gasteiger partial charge on any atom is 0.407 e. The summed E-state index contributed by atoms with van der Waals surface area (Å²) in [6.07, 6.45) is -2.38. The monoisotopic (exact) mass is 649 g/mol. The molecule has 0 saturated heterocycles. The Hall–Kier alpha value is -5.50. The summed E-state index contributed by atoms with van der Waals surface area (Å²) in [5, 5.41) is 41.6. The Morgan fingerprint density at radius 2 is 1.49 bits per heavy atom. The van der Waals surface area contributed by atoms with Gasteiger partial charge >= 0.3 is 12.1 Å². The number of carbonyl (C=O) groups excluding carboxylic acids is 2. The molecule has 3 atom stereocenters. The number of aliphatic hydroxyl groups excluding tert-OH is 1. The molecule has 47 heavy (non-hydrogen) atoms. The van der Waals surface area contributed by atoms with E-state index in [0.717, 1.165) is 25.2 Å². The summed E-state index contributed by atoms with van der Waals surface area (Å²) in [7, 11) is 0. The second-order valence-electron chi connectivity index (χ2n) is 10.7. The van der Waals surface area contributed by atoms with E-state index < -0.39 is 54.2 Å². The van der Waals surface area contributed by atoms with Crippen molar-refractivity contribution in [2.24, 2.45) is 11.0 Å². The van der Waals surface area contributed by atoms with Crippen LogP contribution in [-0.4, -0.2) is 58.3 Å². The number of carboxylic acid groups (broad SMARTS) is 1. The van der Waals surface area contributed by atoms with Crippen molar-refractivity contribution in [3.05, 3.63) is 122 Å². The topological polar surface area (TPSA) is 229 Å². The number of benzene rings is 3. The Bertz CT molecular complexity index is 1430. The van der Waals surface area contributed by atoms with Crippen LogP contribution < -0.4 is 16.0 Å². The van der Waals surface area contributed by atoms with Gasteiger partial charge in [-0.1, -0.05) is 79.6 Å². The van der Waals surface area contributed by atoms with Gasteiger partial charge in [0.15, 0.2) is 0 Å². The van der Waals surface area contributed by atoms with Gasteiger partial charge < -0.3 is 30.9 Å². The number of carbonyl (C=O) groups is 3. The molecule has 0 unspecified atom stereocenters. The van der Waals surface area contributed by atoms with Crippen LogP contribution in [0.1, 0.15) is 43.1 Å². The minimum atomic E-state index is -1.45. The van der Waals surface area contributed by atoms with Gasteiger partial charge in [-0.3, -0.25) is 14.9 Å². The Labute approximate surface area is 271 Å². The molecule has 3 aromatic rings. The lowest BCUT2D eigenvalue weighted by molar-refractivity contribution is -0.384. The summed E-state index contributed by atoms with van der Waals surface area (Å²) < 4.78 is 4.98. The molecule has 0 saturated carbocycles. The molecule has 2 amide bonds. The van der Waals surface area contributed by atoms with E-state index >= 15 is 0 Å². The Morgan fingerprint density at radius 3 is 1.96 bits per heavy atom.